The van der Waals surface area contributed by atoms with E-state index in [1.807, 2.05) is 0 Å². The molecule has 0 atom stereocenters. The first-order chi connectivity index (χ1) is 7.95. The Balaban J connectivity index is 3.06. The van der Waals surface area contributed by atoms with Gasteiger partial charge in [0.15, 0.2) is 0 Å². The van der Waals surface area contributed by atoms with E-state index in [2.05, 4.69) is 0 Å². The molecule has 6 nitrogen and oxygen atoms in total. The van der Waals surface area contributed by atoms with Crippen LogP contribution in [-0.4, -0.2) is 27.3 Å². The number of hydrogen-bond acceptors (Lipinski definition) is 5. The van der Waals surface area contributed by atoms with Crippen LogP contribution in [-0.2, 0) is 4.79 Å². The zero-order valence-electron chi connectivity index (χ0n) is 8.88. The molecule has 0 aliphatic rings. The summed E-state index contributed by atoms with van der Waals surface area (Å²) < 4.78 is 4.71. The van der Waals surface area contributed by atoms with E-state index in [9.17, 15) is 19.8 Å². The maximum absolute atomic E-state index is 11.1. The Morgan fingerprint density at radius 2 is 1.76 bits per heavy atom. The van der Waals surface area contributed by atoms with Crippen molar-refractivity contribution in [2.75, 3.05) is 0 Å². The largest absolute Gasteiger partial charge is 0.507 e. The maximum atomic E-state index is 11.1. The van der Waals surface area contributed by atoms with Gasteiger partial charge >= 0.3 is 11.9 Å². The molecule has 0 bridgehead atoms. The normalized spacial score (nSPS) is 10.4. The summed E-state index contributed by atoms with van der Waals surface area (Å²) in [6.07, 6.45) is 2.59. The highest BCUT2D eigenvalue weighted by atomic mass is 16.5. The Bertz CT molecular complexity index is 466. The van der Waals surface area contributed by atoms with Crippen LogP contribution < -0.4 is 4.74 Å². The first kappa shape index (κ1) is 12.6. The molecule has 17 heavy (non-hydrogen) atoms. The number of carboxylic acid groups (broad SMARTS) is 1. The van der Waals surface area contributed by atoms with Gasteiger partial charge in [0.25, 0.3) is 0 Å². The summed E-state index contributed by atoms with van der Waals surface area (Å²) >= 11 is 0. The average Bonchev–Trinajstić information content (AvgIpc) is 2.15. The van der Waals surface area contributed by atoms with Gasteiger partial charge in [-0.1, -0.05) is 6.08 Å². The van der Waals surface area contributed by atoms with Gasteiger partial charge in [0.1, 0.15) is 22.8 Å². The van der Waals surface area contributed by atoms with Gasteiger partial charge in [-0.25, -0.2) is 9.59 Å². The molecule has 0 fully saturated rings. The van der Waals surface area contributed by atoms with Crippen LogP contribution in [0.15, 0.2) is 24.3 Å². The van der Waals surface area contributed by atoms with Crippen molar-refractivity contribution >= 4 is 11.9 Å². The number of phenols is 2. The zero-order chi connectivity index (χ0) is 13.0. The summed E-state index contributed by atoms with van der Waals surface area (Å²) in [5.41, 5.74) is -0.643. The minimum atomic E-state index is -1.48. The van der Waals surface area contributed by atoms with Crippen molar-refractivity contribution in [3.63, 3.8) is 0 Å². The molecule has 0 aliphatic heterocycles. The Morgan fingerprint density at radius 3 is 2.18 bits per heavy atom. The predicted octanol–water partition coefficient (Wildman–Crippen LogP) is 1.28. The first-order valence-corrected chi connectivity index (χ1v) is 4.59. The summed E-state index contributed by atoms with van der Waals surface area (Å²) in [5.74, 6) is -3.68. The Morgan fingerprint density at radius 1 is 1.24 bits per heavy atom. The van der Waals surface area contributed by atoms with E-state index in [1.54, 1.807) is 6.92 Å². The molecule has 1 aromatic carbocycles. The summed E-state index contributed by atoms with van der Waals surface area (Å²) in [7, 11) is 0. The van der Waals surface area contributed by atoms with Crippen LogP contribution in [0.1, 0.15) is 17.3 Å². The number of ether oxygens (including phenoxy) is 1. The lowest BCUT2D eigenvalue weighted by atomic mass is 10.1. The number of aromatic hydroxyl groups is 2. The Kier molecular flexibility index (Phi) is 3.71. The van der Waals surface area contributed by atoms with E-state index in [4.69, 9.17) is 9.84 Å². The highest BCUT2D eigenvalue weighted by Gasteiger charge is 2.17. The van der Waals surface area contributed by atoms with Crippen LogP contribution in [0.2, 0.25) is 0 Å². The monoisotopic (exact) mass is 238 g/mol. The summed E-state index contributed by atoms with van der Waals surface area (Å²) in [6, 6.07) is 1.87. The van der Waals surface area contributed by atoms with Crippen molar-refractivity contribution in [1.29, 1.82) is 0 Å². The van der Waals surface area contributed by atoms with E-state index in [-0.39, 0.29) is 5.75 Å². The Hall–Kier alpha value is -2.50. The van der Waals surface area contributed by atoms with Crippen molar-refractivity contribution in [3.05, 3.63) is 29.8 Å². The number of aromatic carboxylic acids is 1. The number of carboxylic acids is 1. The molecule has 1 rings (SSSR count). The van der Waals surface area contributed by atoms with E-state index >= 15 is 0 Å². The number of allylic oxidation sites excluding steroid dienone is 1. The number of rotatable bonds is 3. The highest BCUT2D eigenvalue weighted by molar-refractivity contribution is 5.94. The number of esters is 1. The van der Waals surface area contributed by atoms with Crippen molar-refractivity contribution in [2.24, 2.45) is 0 Å². The second kappa shape index (κ2) is 5.02. The molecule has 0 saturated carbocycles. The molecule has 0 aromatic heterocycles. The molecule has 0 amide bonds. The van der Waals surface area contributed by atoms with Crippen molar-refractivity contribution in [3.8, 4) is 17.2 Å². The predicted molar refractivity (Wildman–Crippen MR) is 57.2 cm³/mol. The summed E-state index contributed by atoms with van der Waals surface area (Å²) in [4.78, 5) is 21.7. The van der Waals surface area contributed by atoms with Gasteiger partial charge in [-0.2, -0.15) is 0 Å². The van der Waals surface area contributed by atoms with Gasteiger partial charge in [0.05, 0.1) is 0 Å². The molecule has 1 aromatic rings. The number of hydrogen-bond donors (Lipinski definition) is 3. The lowest BCUT2D eigenvalue weighted by Crippen LogP contribution is -2.04. The van der Waals surface area contributed by atoms with Gasteiger partial charge in [-0.15, -0.1) is 0 Å². The van der Waals surface area contributed by atoms with Crippen molar-refractivity contribution in [2.45, 2.75) is 6.92 Å². The molecule has 0 unspecified atom stereocenters. The molecule has 0 spiro atoms. The van der Waals surface area contributed by atoms with Gasteiger partial charge in [-0.3, -0.25) is 0 Å². The summed E-state index contributed by atoms with van der Waals surface area (Å²) in [6.45, 7) is 1.61. The fourth-order valence-electron chi connectivity index (χ4n) is 1.15. The third kappa shape index (κ3) is 2.97. The lowest BCUT2D eigenvalue weighted by molar-refractivity contribution is -0.129. The number of benzene rings is 1. The van der Waals surface area contributed by atoms with E-state index < -0.39 is 29.0 Å². The fourth-order valence-corrected chi connectivity index (χ4v) is 1.15. The molecular formula is C11H10O6. The van der Waals surface area contributed by atoms with Crippen LogP contribution in [0.5, 0.6) is 17.2 Å². The topological polar surface area (TPSA) is 104 Å². The molecule has 0 aliphatic carbocycles. The smallest absolute Gasteiger partial charge is 0.343 e. The fraction of sp³-hybridized carbons (Fsp3) is 0.0909. The van der Waals surface area contributed by atoms with E-state index in [1.165, 1.54) is 6.08 Å². The second-order valence-corrected chi connectivity index (χ2v) is 3.06. The average molecular weight is 238 g/mol. The van der Waals surface area contributed by atoms with Crippen LogP contribution >= 0.6 is 0 Å². The van der Waals surface area contributed by atoms with Gasteiger partial charge in [0.2, 0.25) is 0 Å². The van der Waals surface area contributed by atoms with Crippen LogP contribution in [0.25, 0.3) is 0 Å². The molecule has 0 radical (unpaired) electrons. The van der Waals surface area contributed by atoms with Gasteiger partial charge in [0, 0.05) is 18.2 Å². The van der Waals surface area contributed by atoms with Crippen LogP contribution in [0.4, 0.5) is 0 Å². The van der Waals surface area contributed by atoms with Crippen molar-refractivity contribution in [1.82, 2.24) is 0 Å². The quantitative estimate of drug-likeness (QED) is 0.416. The highest BCUT2D eigenvalue weighted by Crippen LogP contribution is 2.32. The molecule has 0 heterocycles. The summed E-state index contributed by atoms with van der Waals surface area (Å²) in [5, 5.41) is 27.3. The maximum Gasteiger partial charge on any atom is 0.343 e. The third-order valence-electron chi connectivity index (χ3n) is 1.81. The van der Waals surface area contributed by atoms with Gasteiger partial charge < -0.3 is 20.1 Å². The SMILES string of the molecule is C/C=C\C(=O)Oc1cc(O)c(C(=O)O)c(O)c1. The molecule has 90 valence electrons. The minimum absolute atomic E-state index is 0.145. The van der Waals surface area contributed by atoms with E-state index in [0.717, 1.165) is 18.2 Å². The first-order valence-electron chi connectivity index (χ1n) is 4.59. The number of carbonyl (C=O) groups is 2. The van der Waals surface area contributed by atoms with Crippen LogP contribution in [0.3, 0.4) is 0 Å². The zero-order valence-corrected chi connectivity index (χ0v) is 8.88. The molecule has 0 saturated heterocycles. The second-order valence-electron chi connectivity index (χ2n) is 3.06. The minimum Gasteiger partial charge on any atom is -0.507 e. The molecule has 3 N–H and O–H groups in total. The lowest BCUT2D eigenvalue weighted by Gasteiger charge is -2.06. The van der Waals surface area contributed by atoms with Gasteiger partial charge in [-0.05, 0) is 6.92 Å². The van der Waals surface area contributed by atoms with Crippen LogP contribution in [0, 0.1) is 0 Å². The van der Waals surface area contributed by atoms with Crippen molar-refractivity contribution < 1.29 is 29.6 Å². The number of carbonyl (C=O) groups excluding carboxylic acids is 1. The van der Waals surface area contributed by atoms with E-state index in [0.29, 0.717) is 0 Å². The third-order valence-corrected chi connectivity index (χ3v) is 1.81. The molecular weight excluding hydrogens is 228 g/mol. The standard InChI is InChI=1S/C11H10O6/c1-2-3-9(14)17-6-4-7(12)10(11(15)16)8(13)5-6/h2-5,12-13H,1H3,(H,15,16)/b3-2-. The Labute approximate surface area is 96.4 Å². The molecule has 6 heteroatoms.